The molecule has 8 heteroatoms. The van der Waals surface area contributed by atoms with Gasteiger partial charge in [-0.2, -0.15) is 0 Å². The summed E-state index contributed by atoms with van der Waals surface area (Å²) in [5, 5.41) is 28.1. The standard InChI is InChI=1S/C8H4INO6/c9-3-1-4(7(11)12)6(8(13)14)5(2-3)10(15)16/h1-2H,(H,11,12)(H,13,14). The number of halogens is 1. The summed E-state index contributed by atoms with van der Waals surface area (Å²) in [6.45, 7) is 0. The van der Waals surface area contributed by atoms with Crippen LogP contribution < -0.4 is 0 Å². The van der Waals surface area contributed by atoms with Crippen LogP contribution in [-0.4, -0.2) is 27.1 Å². The van der Waals surface area contributed by atoms with Crippen molar-refractivity contribution in [3.63, 3.8) is 0 Å². The number of hydrogen-bond donors (Lipinski definition) is 2. The number of nitro benzene ring substituents is 1. The van der Waals surface area contributed by atoms with Gasteiger partial charge in [-0.05, 0) is 28.7 Å². The van der Waals surface area contributed by atoms with E-state index in [-0.39, 0.29) is 3.57 Å². The van der Waals surface area contributed by atoms with Crippen LogP contribution in [0.1, 0.15) is 20.7 Å². The molecule has 1 aromatic rings. The van der Waals surface area contributed by atoms with Crippen molar-refractivity contribution >= 4 is 40.2 Å². The van der Waals surface area contributed by atoms with Gasteiger partial charge in [-0.25, -0.2) is 9.59 Å². The summed E-state index contributed by atoms with van der Waals surface area (Å²) in [6.07, 6.45) is 0. The summed E-state index contributed by atoms with van der Waals surface area (Å²) in [4.78, 5) is 31.2. The maximum absolute atomic E-state index is 10.8. The third kappa shape index (κ3) is 2.27. The van der Waals surface area contributed by atoms with Gasteiger partial charge in [0.1, 0.15) is 0 Å². The van der Waals surface area contributed by atoms with Gasteiger partial charge in [0.05, 0.1) is 10.5 Å². The highest BCUT2D eigenvalue weighted by Crippen LogP contribution is 2.25. The van der Waals surface area contributed by atoms with Crippen molar-refractivity contribution in [3.05, 3.63) is 36.9 Å². The molecule has 0 heterocycles. The van der Waals surface area contributed by atoms with E-state index >= 15 is 0 Å². The Bertz CT molecular complexity index is 462. The number of carbonyl (C=O) groups is 2. The molecule has 0 aliphatic rings. The number of nitrogens with zero attached hydrogens (tertiary/aromatic N) is 1. The number of carboxylic acids is 2. The van der Waals surface area contributed by atoms with E-state index in [0.717, 1.165) is 12.1 Å². The van der Waals surface area contributed by atoms with E-state index in [1.807, 2.05) is 0 Å². The highest BCUT2D eigenvalue weighted by Gasteiger charge is 2.27. The molecular weight excluding hydrogens is 333 g/mol. The molecule has 84 valence electrons. The quantitative estimate of drug-likeness (QED) is 0.491. The molecule has 0 fully saturated rings. The maximum Gasteiger partial charge on any atom is 0.343 e. The number of carboxylic acid groups (broad SMARTS) is 2. The summed E-state index contributed by atoms with van der Waals surface area (Å²) in [5.41, 5.74) is -2.12. The Labute approximate surface area is 102 Å². The monoisotopic (exact) mass is 337 g/mol. The van der Waals surface area contributed by atoms with Crippen LogP contribution in [0.25, 0.3) is 0 Å². The Balaban J connectivity index is 3.67. The summed E-state index contributed by atoms with van der Waals surface area (Å²) >= 11 is 1.68. The molecular formula is C8H4INO6. The van der Waals surface area contributed by atoms with Crippen LogP contribution in [0.3, 0.4) is 0 Å². The highest BCUT2D eigenvalue weighted by atomic mass is 127. The fraction of sp³-hybridized carbons (Fsp3) is 0. The third-order valence-corrected chi connectivity index (χ3v) is 2.35. The summed E-state index contributed by atoms with van der Waals surface area (Å²) in [7, 11) is 0. The van der Waals surface area contributed by atoms with Crippen molar-refractivity contribution in [3.8, 4) is 0 Å². The smallest absolute Gasteiger partial charge is 0.343 e. The van der Waals surface area contributed by atoms with Crippen molar-refractivity contribution in [2.45, 2.75) is 0 Å². The molecule has 0 atom stereocenters. The first-order valence-electron chi connectivity index (χ1n) is 3.79. The van der Waals surface area contributed by atoms with Gasteiger partial charge in [0.25, 0.3) is 5.69 Å². The Morgan fingerprint density at radius 1 is 1.25 bits per heavy atom. The van der Waals surface area contributed by atoms with Gasteiger partial charge in [0.15, 0.2) is 5.56 Å². The van der Waals surface area contributed by atoms with Crippen LogP contribution in [0.4, 0.5) is 5.69 Å². The largest absolute Gasteiger partial charge is 0.478 e. The summed E-state index contributed by atoms with van der Waals surface area (Å²) in [5.74, 6) is -3.15. The second kappa shape index (κ2) is 4.43. The van der Waals surface area contributed by atoms with Gasteiger partial charge in [0, 0.05) is 9.64 Å². The molecule has 1 aromatic carbocycles. The second-order valence-corrected chi connectivity index (χ2v) is 3.96. The van der Waals surface area contributed by atoms with Crippen LogP contribution in [0, 0.1) is 13.7 Å². The summed E-state index contributed by atoms with van der Waals surface area (Å²) in [6, 6.07) is 2.08. The fourth-order valence-corrected chi connectivity index (χ4v) is 1.74. The molecule has 1 rings (SSSR count). The number of aromatic carboxylic acids is 2. The Kier molecular flexibility index (Phi) is 3.42. The van der Waals surface area contributed by atoms with E-state index < -0.39 is 33.7 Å². The third-order valence-electron chi connectivity index (χ3n) is 1.72. The fourth-order valence-electron chi connectivity index (χ4n) is 1.13. The highest BCUT2D eigenvalue weighted by molar-refractivity contribution is 14.1. The first kappa shape index (κ1) is 12.4. The minimum Gasteiger partial charge on any atom is -0.478 e. The molecule has 0 aliphatic carbocycles. The predicted octanol–water partition coefficient (Wildman–Crippen LogP) is 1.60. The predicted molar refractivity (Wildman–Crippen MR) is 59.7 cm³/mol. The van der Waals surface area contributed by atoms with Crippen LogP contribution in [-0.2, 0) is 0 Å². The molecule has 0 saturated carbocycles. The number of nitro groups is 1. The maximum atomic E-state index is 10.8. The minimum absolute atomic E-state index is 0.284. The van der Waals surface area contributed by atoms with Crippen LogP contribution in [0.2, 0.25) is 0 Å². The van der Waals surface area contributed by atoms with Crippen LogP contribution in [0.15, 0.2) is 12.1 Å². The molecule has 0 unspecified atom stereocenters. The normalized spacial score (nSPS) is 9.81. The molecule has 0 spiro atoms. The lowest BCUT2D eigenvalue weighted by molar-refractivity contribution is -0.385. The molecule has 0 radical (unpaired) electrons. The summed E-state index contributed by atoms with van der Waals surface area (Å²) < 4.78 is 0.284. The second-order valence-electron chi connectivity index (χ2n) is 2.71. The first-order valence-corrected chi connectivity index (χ1v) is 4.87. The lowest BCUT2D eigenvalue weighted by atomic mass is 10.1. The average Bonchev–Trinajstić information content (AvgIpc) is 2.15. The zero-order chi connectivity index (χ0) is 12.5. The lowest BCUT2D eigenvalue weighted by Gasteiger charge is -2.03. The van der Waals surface area contributed by atoms with Crippen LogP contribution in [0.5, 0.6) is 0 Å². The molecule has 0 bridgehead atoms. The molecule has 0 aromatic heterocycles. The minimum atomic E-state index is -1.64. The van der Waals surface area contributed by atoms with Crippen molar-refractivity contribution < 1.29 is 24.7 Å². The topological polar surface area (TPSA) is 118 Å². The Hall–Kier alpha value is -1.71. The number of benzene rings is 1. The van der Waals surface area contributed by atoms with Crippen molar-refractivity contribution in [2.24, 2.45) is 0 Å². The van der Waals surface area contributed by atoms with E-state index in [4.69, 9.17) is 10.2 Å². The van der Waals surface area contributed by atoms with Gasteiger partial charge in [-0.3, -0.25) is 10.1 Å². The van der Waals surface area contributed by atoms with Gasteiger partial charge in [-0.1, -0.05) is 0 Å². The van der Waals surface area contributed by atoms with E-state index in [0.29, 0.717) is 0 Å². The van der Waals surface area contributed by atoms with E-state index in [1.165, 1.54) is 0 Å². The molecule has 2 N–H and O–H groups in total. The Morgan fingerprint density at radius 3 is 2.19 bits per heavy atom. The van der Waals surface area contributed by atoms with E-state index in [9.17, 15) is 19.7 Å². The molecule has 7 nitrogen and oxygen atoms in total. The molecule has 0 saturated heterocycles. The first-order chi connectivity index (χ1) is 7.34. The average molecular weight is 337 g/mol. The zero-order valence-electron chi connectivity index (χ0n) is 7.51. The molecule has 0 amide bonds. The molecule has 16 heavy (non-hydrogen) atoms. The van der Waals surface area contributed by atoms with Gasteiger partial charge < -0.3 is 10.2 Å². The Morgan fingerprint density at radius 2 is 1.81 bits per heavy atom. The van der Waals surface area contributed by atoms with Crippen molar-refractivity contribution in [1.82, 2.24) is 0 Å². The van der Waals surface area contributed by atoms with E-state index in [2.05, 4.69) is 0 Å². The molecule has 0 aliphatic heterocycles. The van der Waals surface area contributed by atoms with Gasteiger partial charge in [-0.15, -0.1) is 0 Å². The van der Waals surface area contributed by atoms with E-state index in [1.54, 1.807) is 22.6 Å². The van der Waals surface area contributed by atoms with Crippen molar-refractivity contribution in [1.29, 1.82) is 0 Å². The van der Waals surface area contributed by atoms with Crippen molar-refractivity contribution in [2.75, 3.05) is 0 Å². The van der Waals surface area contributed by atoms with Gasteiger partial charge >= 0.3 is 11.9 Å². The number of rotatable bonds is 3. The SMILES string of the molecule is O=C(O)c1cc(I)cc([N+](=O)[O-])c1C(=O)O. The zero-order valence-corrected chi connectivity index (χ0v) is 9.66. The lowest BCUT2D eigenvalue weighted by Crippen LogP contribution is -2.11. The van der Waals surface area contributed by atoms with Gasteiger partial charge in [0.2, 0.25) is 0 Å². The van der Waals surface area contributed by atoms with Crippen LogP contribution >= 0.6 is 22.6 Å². The number of hydrogen-bond acceptors (Lipinski definition) is 4.